The average molecular weight is 428 g/mol. The number of carbonyl (C=O) groups excluding carboxylic acids is 1. The van der Waals surface area contributed by atoms with Crippen molar-refractivity contribution in [2.45, 2.75) is 31.5 Å². The Balaban J connectivity index is 1.46. The maximum absolute atomic E-state index is 12.7. The first-order valence-corrected chi connectivity index (χ1v) is 11.9. The third kappa shape index (κ3) is 4.16. The fraction of sp³-hybridized carbons (Fsp3) is 0.381. The minimum Gasteiger partial charge on any atom is -0.357 e. The SMILES string of the molecule is CC1CCN(c2ccc(CNC(=O)c3nc(S(C)(=O)=O)n4ccccc34)cn2)CC1. The van der Waals surface area contributed by atoms with Crippen molar-refractivity contribution in [3.63, 3.8) is 0 Å². The second-order valence-corrected chi connectivity index (χ2v) is 9.76. The molecule has 3 aromatic rings. The smallest absolute Gasteiger partial charge is 0.272 e. The molecule has 1 aliphatic heterocycles. The summed E-state index contributed by atoms with van der Waals surface area (Å²) in [4.78, 5) is 23.6. The molecule has 1 aliphatic rings. The van der Waals surface area contributed by atoms with Crippen molar-refractivity contribution in [2.24, 2.45) is 5.92 Å². The normalized spacial score (nSPS) is 15.5. The first-order chi connectivity index (χ1) is 14.3. The third-order valence-corrected chi connectivity index (χ3v) is 6.38. The van der Waals surface area contributed by atoms with Crippen LogP contribution in [-0.2, 0) is 16.4 Å². The second-order valence-electron chi connectivity index (χ2n) is 7.85. The lowest BCUT2D eigenvalue weighted by Gasteiger charge is -2.31. The molecule has 1 saturated heterocycles. The average Bonchev–Trinajstić information content (AvgIpc) is 3.13. The van der Waals surface area contributed by atoms with E-state index in [0.29, 0.717) is 5.52 Å². The number of pyridine rings is 2. The Morgan fingerprint density at radius 1 is 1.20 bits per heavy atom. The summed E-state index contributed by atoms with van der Waals surface area (Å²) in [5.41, 5.74) is 1.40. The highest BCUT2D eigenvalue weighted by molar-refractivity contribution is 7.90. The van der Waals surface area contributed by atoms with Crippen molar-refractivity contribution in [3.8, 4) is 0 Å². The molecule has 0 radical (unpaired) electrons. The molecule has 0 saturated carbocycles. The van der Waals surface area contributed by atoms with Gasteiger partial charge >= 0.3 is 0 Å². The third-order valence-electron chi connectivity index (χ3n) is 5.43. The number of anilines is 1. The van der Waals surface area contributed by atoms with Crippen LogP contribution in [0.4, 0.5) is 5.82 Å². The molecule has 158 valence electrons. The number of fused-ring (bicyclic) bond motifs is 1. The van der Waals surface area contributed by atoms with Crippen molar-refractivity contribution in [1.82, 2.24) is 19.7 Å². The standard InChI is InChI=1S/C21H25N5O3S/c1-15-8-11-25(12-9-15)18-7-6-16(13-22-18)14-23-20(27)19-17-5-3-4-10-26(17)21(24-19)30(2,28)29/h3-7,10,13,15H,8-9,11-12,14H2,1-2H3,(H,23,27). The number of nitrogens with one attached hydrogen (secondary N) is 1. The zero-order chi connectivity index (χ0) is 21.3. The van der Waals surface area contributed by atoms with E-state index in [1.54, 1.807) is 30.6 Å². The molecule has 30 heavy (non-hydrogen) atoms. The number of rotatable bonds is 5. The maximum atomic E-state index is 12.7. The van der Waals surface area contributed by atoms with E-state index in [0.717, 1.165) is 36.6 Å². The quantitative estimate of drug-likeness (QED) is 0.671. The van der Waals surface area contributed by atoms with Gasteiger partial charge in [-0.1, -0.05) is 19.1 Å². The molecule has 4 heterocycles. The van der Waals surface area contributed by atoms with Crippen LogP contribution < -0.4 is 10.2 Å². The van der Waals surface area contributed by atoms with Crippen LogP contribution in [0.3, 0.4) is 0 Å². The van der Waals surface area contributed by atoms with Gasteiger partial charge in [0, 0.05) is 38.3 Å². The van der Waals surface area contributed by atoms with Crippen LogP contribution in [0.5, 0.6) is 0 Å². The molecular weight excluding hydrogens is 402 g/mol. The minimum absolute atomic E-state index is 0.0861. The number of amides is 1. The Kier molecular flexibility index (Phi) is 5.46. The van der Waals surface area contributed by atoms with Crippen molar-refractivity contribution in [3.05, 3.63) is 54.0 Å². The molecule has 3 aromatic heterocycles. The summed E-state index contributed by atoms with van der Waals surface area (Å²) in [5.74, 6) is 1.29. The molecule has 0 spiro atoms. The van der Waals surface area contributed by atoms with Gasteiger partial charge in [-0.05, 0) is 42.5 Å². The van der Waals surface area contributed by atoms with E-state index >= 15 is 0 Å². The number of sulfone groups is 1. The highest BCUT2D eigenvalue weighted by atomic mass is 32.2. The van der Waals surface area contributed by atoms with Gasteiger partial charge in [0.15, 0.2) is 5.69 Å². The number of piperidine rings is 1. The fourth-order valence-electron chi connectivity index (χ4n) is 3.65. The van der Waals surface area contributed by atoms with Crippen LogP contribution in [0.1, 0.15) is 35.8 Å². The Hall–Kier alpha value is -2.94. The summed E-state index contributed by atoms with van der Waals surface area (Å²) in [6.45, 7) is 4.59. The summed E-state index contributed by atoms with van der Waals surface area (Å²) in [6.07, 6.45) is 6.77. The molecule has 9 heteroatoms. The molecule has 4 rings (SSSR count). The van der Waals surface area contributed by atoms with Crippen molar-refractivity contribution >= 4 is 27.1 Å². The molecule has 0 atom stereocenters. The summed E-state index contributed by atoms with van der Waals surface area (Å²) in [6, 6.07) is 9.04. The van der Waals surface area contributed by atoms with Gasteiger partial charge < -0.3 is 10.2 Å². The van der Waals surface area contributed by atoms with Gasteiger partial charge in [0.2, 0.25) is 15.0 Å². The van der Waals surface area contributed by atoms with E-state index in [9.17, 15) is 13.2 Å². The van der Waals surface area contributed by atoms with E-state index < -0.39 is 15.7 Å². The minimum atomic E-state index is -3.57. The van der Waals surface area contributed by atoms with E-state index in [1.165, 1.54) is 17.2 Å². The van der Waals surface area contributed by atoms with Gasteiger partial charge in [0.05, 0.1) is 5.52 Å². The van der Waals surface area contributed by atoms with Gasteiger partial charge in [0.1, 0.15) is 5.82 Å². The summed E-state index contributed by atoms with van der Waals surface area (Å²) >= 11 is 0. The molecule has 8 nitrogen and oxygen atoms in total. The number of hydrogen-bond donors (Lipinski definition) is 1. The van der Waals surface area contributed by atoms with Gasteiger partial charge in [-0.15, -0.1) is 0 Å². The summed E-state index contributed by atoms with van der Waals surface area (Å²) < 4.78 is 25.4. The number of nitrogens with zero attached hydrogens (tertiary/aromatic N) is 4. The lowest BCUT2D eigenvalue weighted by molar-refractivity contribution is 0.0947. The zero-order valence-electron chi connectivity index (χ0n) is 17.1. The van der Waals surface area contributed by atoms with Crippen LogP contribution >= 0.6 is 0 Å². The lowest BCUT2D eigenvalue weighted by atomic mass is 9.99. The molecule has 0 unspecified atom stereocenters. The van der Waals surface area contributed by atoms with E-state index in [-0.39, 0.29) is 17.4 Å². The van der Waals surface area contributed by atoms with Crippen LogP contribution in [-0.4, -0.2) is 48.0 Å². The van der Waals surface area contributed by atoms with E-state index in [4.69, 9.17) is 0 Å². The van der Waals surface area contributed by atoms with E-state index in [1.807, 2.05) is 12.1 Å². The summed E-state index contributed by atoms with van der Waals surface area (Å²) in [5, 5.41) is 2.67. The maximum Gasteiger partial charge on any atom is 0.272 e. The fourth-order valence-corrected chi connectivity index (χ4v) is 4.42. The van der Waals surface area contributed by atoms with Crippen LogP contribution in [0.15, 0.2) is 47.9 Å². The van der Waals surface area contributed by atoms with Crippen LogP contribution in [0, 0.1) is 5.92 Å². The molecular formula is C21H25N5O3S. The Labute approximate surface area is 175 Å². The highest BCUT2D eigenvalue weighted by Gasteiger charge is 2.22. The zero-order valence-corrected chi connectivity index (χ0v) is 17.9. The van der Waals surface area contributed by atoms with E-state index in [2.05, 4.69) is 27.1 Å². The van der Waals surface area contributed by atoms with Crippen LogP contribution in [0.25, 0.3) is 5.52 Å². The first-order valence-electron chi connectivity index (χ1n) is 9.98. The topological polar surface area (TPSA) is 96.7 Å². The molecule has 1 N–H and O–H groups in total. The van der Waals surface area contributed by atoms with Crippen molar-refractivity contribution < 1.29 is 13.2 Å². The Bertz CT molecular complexity index is 1160. The Morgan fingerprint density at radius 3 is 2.63 bits per heavy atom. The predicted octanol–water partition coefficient (Wildman–Crippen LogP) is 2.30. The van der Waals surface area contributed by atoms with Gasteiger partial charge in [-0.3, -0.25) is 9.20 Å². The highest BCUT2D eigenvalue weighted by Crippen LogP contribution is 2.21. The summed E-state index contributed by atoms with van der Waals surface area (Å²) in [7, 11) is -3.57. The first kappa shape index (κ1) is 20.3. The second kappa shape index (κ2) is 8.06. The number of carbonyl (C=O) groups is 1. The largest absolute Gasteiger partial charge is 0.357 e. The molecule has 0 aromatic carbocycles. The molecule has 0 bridgehead atoms. The Morgan fingerprint density at radius 2 is 1.97 bits per heavy atom. The van der Waals surface area contributed by atoms with Gasteiger partial charge in [-0.25, -0.2) is 18.4 Å². The lowest BCUT2D eigenvalue weighted by Crippen LogP contribution is -2.33. The van der Waals surface area contributed by atoms with Crippen molar-refractivity contribution in [2.75, 3.05) is 24.2 Å². The van der Waals surface area contributed by atoms with Crippen molar-refractivity contribution in [1.29, 1.82) is 0 Å². The van der Waals surface area contributed by atoms with Crippen LogP contribution in [0.2, 0.25) is 0 Å². The molecule has 1 amide bonds. The number of imidazole rings is 1. The number of aromatic nitrogens is 3. The van der Waals surface area contributed by atoms with Gasteiger partial charge in [0.25, 0.3) is 5.91 Å². The molecule has 1 fully saturated rings. The number of hydrogen-bond acceptors (Lipinski definition) is 6. The van der Waals surface area contributed by atoms with Gasteiger partial charge in [-0.2, -0.15) is 0 Å². The predicted molar refractivity (Wildman–Crippen MR) is 114 cm³/mol. The molecule has 0 aliphatic carbocycles. The monoisotopic (exact) mass is 427 g/mol.